The van der Waals surface area contributed by atoms with Gasteiger partial charge in [0, 0.05) is 10.4 Å². The highest BCUT2D eigenvalue weighted by atomic mass is 32.1. The SMILES string of the molecule is CCc1ccc2oc3c(c(=O)c2c1)C(c1ccccc1OC)N(c1nc(C)c(C)s1)C3=O. The van der Waals surface area contributed by atoms with E-state index in [9.17, 15) is 9.59 Å². The van der Waals surface area contributed by atoms with Gasteiger partial charge in [0.1, 0.15) is 17.4 Å². The summed E-state index contributed by atoms with van der Waals surface area (Å²) < 4.78 is 11.7. The van der Waals surface area contributed by atoms with Gasteiger partial charge in [0.15, 0.2) is 10.6 Å². The molecule has 1 aliphatic heterocycles. The van der Waals surface area contributed by atoms with Gasteiger partial charge in [0.2, 0.25) is 5.76 Å². The van der Waals surface area contributed by atoms with Crippen molar-refractivity contribution in [3.63, 3.8) is 0 Å². The number of carbonyl (C=O) groups is 1. The third-order valence-electron chi connectivity index (χ3n) is 6.00. The molecule has 0 bridgehead atoms. The van der Waals surface area contributed by atoms with E-state index >= 15 is 0 Å². The minimum absolute atomic E-state index is 0.0631. The van der Waals surface area contributed by atoms with Crippen LogP contribution in [0.4, 0.5) is 5.13 Å². The lowest BCUT2D eigenvalue weighted by Crippen LogP contribution is -2.29. The Balaban J connectivity index is 1.84. The highest BCUT2D eigenvalue weighted by Crippen LogP contribution is 2.45. The second-order valence-corrected chi connectivity index (χ2v) is 9.00. The maximum absolute atomic E-state index is 13.8. The van der Waals surface area contributed by atoms with Crippen LogP contribution < -0.4 is 15.1 Å². The topological polar surface area (TPSA) is 72.6 Å². The molecule has 4 aromatic rings. The van der Waals surface area contributed by atoms with Crippen molar-refractivity contribution in [2.24, 2.45) is 0 Å². The molecule has 1 unspecified atom stereocenters. The second-order valence-electron chi connectivity index (χ2n) is 7.82. The predicted octanol–water partition coefficient (Wildman–Crippen LogP) is 5.19. The highest BCUT2D eigenvalue weighted by Gasteiger charge is 2.46. The summed E-state index contributed by atoms with van der Waals surface area (Å²) in [6.45, 7) is 5.91. The second kappa shape index (κ2) is 7.60. The van der Waals surface area contributed by atoms with Crippen molar-refractivity contribution in [2.75, 3.05) is 12.0 Å². The smallest absolute Gasteiger partial charge is 0.297 e. The minimum Gasteiger partial charge on any atom is -0.496 e. The zero-order valence-electron chi connectivity index (χ0n) is 18.3. The number of anilines is 1. The lowest BCUT2D eigenvalue weighted by Gasteiger charge is -2.24. The standard InChI is InChI=1S/C25H22N2O4S/c1-5-15-10-11-19-17(12-15)22(28)20-21(16-8-6-7-9-18(16)30-4)27(24(29)23(20)31-19)25-26-13(2)14(3)32-25/h6-12,21H,5H2,1-4H3. The van der Waals surface area contributed by atoms with Gasteiger partial charge in [-0.05, 0) is 44.0 Å². The Morgan fingerprint density at radius 1 is 1.16 bits per heavy atom. The number of aryl methyl sites for hydroxylation is 3. The molecule has 0 saturated heterocycles. The van der Waals surface area contributed by atoms with Crippen molar-refractivity contribution < 1.29 is 13.9 Å². The Morgan fingerprint density at radius 2 is 1.94 bits per heavy atom. The van der Waals surface area contributed by atoms with Crippen LogP contribution >= 0.6 is 11.3 Å². The van der Waals surface area contributed by atoms with Crippen LogP contribution in [-0.4, -0.2) is 18.0 Å². The normalized spacial score (nSPS) is 15.4. The van der Waals surface area contributed by atoms with E-state index in [0.29, 0.717) is 33.0 Å². The van der Waals surface area contributed by atoms with Crippen LogP contribution in [-0.2, 0) is 6.42 Å². The number of hydrogen-bond acceptors (Lipinski definition) is 6. The summed E-state index contributed by atoms with van der Waals surface area (Å²) in [7, 11) is 1.58. The summed E-state index contributed by atoms with van der Waals surface area (Å²) in [4.78, 5) is 34.6. The number of thiazole rings is 1. The van der Waals surface area contributed by atoms with E-state index in [4.69, 9.17) is 9.15 Å². The third-order valence-corrected chi connectivity index (χ3v) is 7.07. The number of hydrogen-bond donors (Lipinski definition) is 0. The summed E-state index contributed by atoms with van der Waals surface area (Å²) in [6.07, 6.45) is 0.797. The van der Waals surface area contributed by atoms with Crippen LogP contribution in [0.5, 0.6) is 5.75 Å². The number of aromatic nitrogens is 1. The molecule has 0 radical (unpaired) electrons. The summed E-state index contributed by atoms with van der Waals surface area (Å²) >= 11 is 1.42. The van der Waals surface area contributed by atoms with Crippen molar-refractivity contribution >= 4 is 33.3 Å². The number of amides is 1. The van der Waals surface area contributed by atoms with Crippen LogP contribution in [0, 0.1) is 13.8 Å². The molecule has 2 aromatic heterocycles. The molecule has 2 aromatic carbocycles. The van der Waals surface area contributed by atoms with Gasteiger partial charge in [0.05, 0.1) is 23.8 Å². The summed E-state index contributed by atoms with van der Waals surface area (Å²) in [6, 6.07) is 12.3. The maximum Gasteiger partial charge on any atom is 0.297 e. The summed E-state index contributed by atoms with van der Waals surface area (Å²) in [5, 5.41) is 1.01. The van der Waals surface area contributed by atoms with Gasteiger partial charge in [0.25, 0.3) is 5.91 Å². The number of methoxy groups -OCH3 is 1. The molecule has 6 nitrogen and oxygen atoms in total. The van der Waals surface area contributed by atoms with Crippen LogP contribution in [0.1, 0.15) is 50.8 Å². The molecule has 0 fully saturated rings. The number of para-hydroxylation sites is 1. The van der Waals surface area contributed by atoms with Crippen LogP contribution in [0.15, 0.2) is 51.7 Å². The van der Waals surface area contributed by atoms with Crippen molar-refractivity contribution in [1.82, 2.24) is 4.98 Å². The van der Waals surface area contributed by atoms with E-state index < -0.39 is 6.04 Å². The fraction of sp³-hybridized carbons (Fsp3) is 0.240. The molecule has 5 rings (SSSR count). The van der Waals surface area contributed by atoms with Crippen LogP contribution in [0.3, 0.4) is 0 Å². The van der Waals surface area contributed by atoms with Gasteiger partial charge in [-0.25, -0.2) is 4.98 Å². The molecular formula is C25H22N2O4S. The number of nitrogens with zero attached hydrogens (tertiary/aromatic N) is 2. The van der Waals surface area contributed by atoms with Crippen molar-refractivity contribution in [2.45, 2.75) is 33.2 Å². The molecule has 0 spiro atoms. The molecule has 162 valence electrons. The maximum atomic E-state index is 13.8. The Hall–Kier alpha value is -3.45. The van der Waals surface area contributed by atoms with E-state index in [1.165, 1.54) is 11.3 Å². The zero-order chi connectivity index (χ0) is 22.6. The van der Waals surface area contributed by atoms with Crippen LogP contribution in [0.25, 0.3) is 11.0 Å². The summed E-state index contributed by atoms with van der Waals surface area (Å²) in [5.74, 6) is 0.284. The molecule has 1 aliphatic rings. The third kappa shape index (κ3) is 2.96. The van der Waals surface area contributed by atoms with E-state index in [2.05, 4.69) is 4.98 Å². The van der Waals surface area contributed by atoms with E-state index in [0.717, 1.165) is 22.6 Å². The number of fused-ring (bicyclic) bond motifs is 2. The van der Waals surface area contributed by atoms with Gasteiger partial charge in [-0.2, -0.15) is 0 Å². The largest absolute Gasteiger partial charge is 0.496 e. The van der Waals surface area contributed by atoms with Gasteiger partial charge >= 0.3 is 0 Å². The molecule has 32 heavy (non-hydrogen) atoms. The average Bonchev–Trinajstić information content (AvgIpc) is 3.29. The lowest BCUT2D eigenvalue weighted by molar-refractivity contribution is 0.0971. The molecular weight excluding hydrogens is 424 g/mol. The quantitative estimate of drug-likeness (QED) is 0.432. The first-order valence-corrected chi connectivity index (χ1v) is 11.3. The Morgan fingerprint density at radius 3 is 2.62 bits per heavy atom. The molecule has 1 amide bonds. The monoisotopic (exact) mass is 446 g/mol. The van der Waals surface area contributed by atoms with Crippen molar-refractivity contribution in [1.29, 1.82) is 0 Å². The van der Waals surface area contributed by atoms with Gasteiger partial charge < -0.3 is 9.15 Å². The Kier molecular flexibility index (Phi) is 4.86. The van der Waals surface area contributed by atoms with Crippen molar-refractivity contribution in [3.05, 3.63) is 85.7 Å². The molecule has 0 saturated carbocycles. The fourth-order valence-electron chi connectivity index (χ4n) is 4.18. The predicted molar refractivity (Wildman–Crippen MR) is 125 cm³/mol. The van der Waals surface area contributed by atoms with Crippen molar-refractivity contribution in [3.8, 4) is 5.75 Å². The zero-order valence-corrected chi connectivity index (χ0v) is 19.1. The lowest BCUT2D eigenvalue weighted by atomic mass is 9.97. The molecule has 7 heteroatoms. The Labute approximate surface area is 189 Å². The minimum atomic E-state index is -0.690. The molecule has 0 N–H and O–H groups in total. The number of rotatable bonds is 4. The van der Waals surface area contributed by atoms with Crippen LogP contribution in [0.2, 0.25) is 0 Å². The molecule has 3 heterocycles. The van der Waals surface area contributed by atoms with E-state index in [1.54, 1.807) is 18.1 Å². The van der Waals surface area contributed by atoms with Gasteiger partial charge in [-0.1, -0.05) is 31.2 Å². The van der Waals surface area contributed by atoms with E-state index in [-0.39, 0.29) is 17.1 Å². The highest BCUT2D eigenvalue weighted by molar-refractivity contribution is 7.15. The Bertz CT molecular complexity index is 1420. The number of ether oxygens (including phenoxy) is 1. The van der Waals surface area contributed by atoms with Gasteiger partial charge in [-0.15, -0.1) is 11.3 Å². The summed E-state index contributed by atoms with van der Waals surface area (Å²) in [5.41, 5.74) is 3.13. The average molecular weight is 447 g/mol. The first kappa shape index (κ1) is 20.5. The van der Waals surface area contributed by atoms with E-state index in [1.807, 2.05) is 57.2 Å². The fourth-order valence-corrected chi connectivity index (χ4v) is 5.12. The van der Waals surface area contributed by atoms with Gasteiger partial charge in [-0.3, -0.25) is 14.5 Å². The molecule has 0 aliphatic carbocycles. The number of benzene rings is 2. The first-order chi connectivity index (χ1) is 15.4. The number of carbonyl (C=O) groups excluding carboxylic acids is 1. The molecule has 1 atom stereocenters. The first-order valence-electron chi connectivity index (χ1n) is 10.4.